The second-order valence-electron chi connectivity index (χ2n) is 9.16. The molecule has 0 aliphatic carbocycles. The predicted molar refractivity (Wildman–Crippen MR) is 149 cm³/mol. The number of halogens is 2. The first kappa shape index (κ1) is 27.4. The second-order valence-corrected chi connectivity index (χ2v) is 10.9. The summed E-state index contributed by atoms with van der Waals surface area (Å²) >= 11 is 1.38. The molecule has 2 N–H and O–H groups in total. The molecule has 0 spiro atoms. The average Bonchev–Trinajstić information content (AvgIpc) is 3.49. The molecule has 39 heavy (non-hydrogen) atoms. The Hall–Kier alpha value is -3.22. The first-order valence-corrected chi connectivity index (χ1v) is 14.2. The van der Waals surface area contributed by atoms with Crippen LogP contribution < -0.4 is 4.72 Å². The van der Waals surface area contributed by atoms with Crippen molar-refractivity contribution in [3.63, 3.8) is 0 Å². The van der Waals surface area contributed by atoms with E-state index in [-0.39, 0.29) is 18.3 Å². The standard InChI is InChI=1S/C28H26BrFN4O4S/c1-18-27(35)33(15-14-19-2-4-20(5-3-19)16-31-39(36)37)28(38-18)25-17-34(24-12-8-22(29)9-13-24)32-26(25)21-6-10-23(30)11-7-21/h2-13,17-18,28,31H,14-16H2,1H3,(H,36,37)/t18-,28-/m0/s1. The van der Waals surface area contributed by atoms with Crippen LogP contribution in [0.25, 0.3) is 16.9 Å². The molecule has 1 aliphatic rings. The molecule has 8 nitrogen and oxygen atoms in total. The van der Waals surface area contributed by atoms with E-state index in [0.29, 0.717) is 29.8 Å². The number of carbonyl (C=O) groups is 1. The normalized spacial score (nSPS) is 18.1. The van der Waals surface area contributed by atoms with Crippen molar-refractivity contribution in [2.75, 3.05) is 6.54 Å². The highest BCUT2D eigenvalue weighted by atomic mass is 79.9. The van der Waals surface area contributed by atoms with Gasteiger partial charge in [0.2, 0.25) is 11.3 Å². The fourth-order valence-corrected chi connectivity index (χ4v) is 5.04. The van der Waals surface area contributed by atoms with Crippen molar-refractivity contribution in [3.8, 4) is 16.9 Å². The lowest BCUT2D eigenvalue weighted by atomic mass is 10.1. The fourth-order valence-electron chi connectivity index (χ4n) is 4.49. The van der Waals surface area contributed by atoms with Gasteiger partial charge in [-0.2, -0.15) is 5.10 Å². The van der Waals surface area contributed by atoms with Crippen LogP contribution in [-0.2, 0) is 33.8 Å². The minimum absolute atomic E-state index is 0.118. The molecule has 1 saturated heterocycles. The monoisotopic (exact) mass is 612 g/mol. The third-order valence-corrected chi connectivity index (χ3v) is 7.45. The maximum atomic E-state index is 13.7. The lowest BCUT2D eigenvalue weighted by Crippen LogP contribution is -2.32. The van der Waals surface area contributed by atoms with Gasteiger partial charge in [0.15, 0.2) is 6.23 Å². The van der Waals surface area contributed by atoms with E-state index in [1.807, 2.05) is 54.7 Å². The SMILES string of the molecule is C[C@@H]1O[C@@H](c2cn(-c3ccc(Br)cc3)nc2-c2ccc(F)cc2)N(CCc2ccc(CNS(=O)O)cc2)C1=O. The number of nitrogens with zero attached hydrogens (tertiary/aromatic N) is 3. The molecule has 4 aromatic rings. The lowest BCUT2D eigenvalue weighted by molar-refractivity contribution is -0.130. The van der Waals surface area contributed by atoms with Crippen molar-refractivity contribution >= 4 is 33.1 Å². The predicted octanol–water partition coefficient (Wildman–Crippen LogP) is 5.16. The summed E-state index contributed by atoms with van der Waals surface area (Å²) in [6.07, 6.45) is 1.15. The number of nitrogens with one attached hydrogen (secondary N) is 1. The topological polar surface area (TPSA) is 96.7 Å². The molecular weight excluding hydrogens is 587 g/mol. The van der Waals surface area contributed by atoms with Crippen LogP contribution in [0.15, 0.2) is 83.5 Å². The maximum absolute atomic E-state index is 13.7. The Kier molecular flexibility index (Phi) is 8.34. The highest BCUT2D eigenvalue weighted by Crippen LogP contribution is 2.37. The van der Waals surface area contributed by atoms with Crippen LogP contribution >= 0.6 is 15.9 Å². The third kappa shape index (κ3) is 6.34. The third-order valence-electron chi connectivity index (χ3n) is 6.53. The number of rotatable bonds is 9. The molecule has 11 heteroatoms. The van der Waals surface area contributed by atoms with Crippen molar-refractivity contribution < 1.29 is 22.7 Å². The van der Waals surface area contributed by atoms with Gasteiger partial charge in [-0.15, -0.1) is 0 Å². The maximum Gasteiger partial charge on any atom is 0.253 e. The minimum atomic E-state index is -2.07. The van der Waals surface area contributed by atoms with Gasteiger partial charge in [-0.3, -0.25) is 9.35 Å². The Morgan fingerprint density at radius 2 is 1.72 bits per heavy atom. The molecule has 1 aliphatic heterocycles. The molecule has 5 rings (SSSR count). The summed E-state index contributed by atoms with van der Waals surface area (Å²) in [6.45, 7) is 2.42. The smallest absolute Gasteiger partial charge is 0.253 e. The zero-order valence-corrected chi connectivity index (χ0v) is 23.4. The van der Waals surface area contributed by atoms with E-state index in [2.05, 4.69) is 20.7 Å². The van der Waals surface area contributed by atoms with Crippen LogP contribution in [-0.4, -0.2) is 42.0 Å². The van der Waals surface area contributed by atoms with Gasteiger partial charge in [0, 0.05) is 34.9 Å². The molecule has 202 valence electrons. The summed E-state index contributed by atoms with van der Waals surface area (Å²) in [5, 5.41) is 4.81. The molecule has 1 amide bonds. The largest absolute Gasteiger partial charge is 0.341 e. The van der Waals surface area contributed by atoms with Gasteiger partial charge in [0.25, 0.3) is 5.91 Å². The van der Waals surface area contributed by atoms with Gasteiger partial charge >= 0.3 is 0 Å². The van der Waals surface area contributed by atoms with Gasteiger partial charge in [0.05, 0.1) is 5.69 Å². The minimum Gasteiger partial charge on any atom is -0.341 e. The van der Waals surface area contributed by atoms with E-state index in [1.54, 1.807) is 28.6 Å². The molecule has 1 aromatic heterocycles. The summed E-state index contributed by atoms with van der Waals surface area (Å²) < 4.78 is 44.8. The zero-order chi connectivity index (χ0) is 27.5. The van der Waals surface area contributed by atoms with Crippen LogP contribution in [0, 0.1) is 5.82 Å². The van der Waals surface area contributed by atoms with Crippen molar-refractivity contribution in [3.05, 3.63) is 106 Å². The highest BCUT2D eigenvalue weighted by molar-refractivity contribution is 9.10. The number of benzene rings is 3. The lowest BCUT2D eigenvalue weighted by Gasteiger charge is -2.23. The van der Waals surface area contributed by atoms with E-state index in [0.717, 1.165) is 21.3 Å². The second kappa shape index (κ2) is 11.9. The van der Waals surface area contributed by atoms with Crippen LogP contribution in [0.5, 0.6) is 0 Å². The van der Waals surface area contributed by atoms with Gasteiger partial charge in [-0.05, 0) is 73.0 Å². The number of aromatic nitrogens is 2. The number of ether oxygens (including phenoxy) is 1. The molecule has 0 bridgehead atoms. The summed E-state index contributed by atoms with van der Waals surface area (Å²) in [4.78, 5) is 14.9. The fraction of sp³-hybridized carbons (Fsp3) is 0.214. The molecule has 3 aromatic carbocycles. The van der Waals surface area contributed by atoms with Crippen LogP contribution in [0.3, 0.4) is 0 Å². The molecule has 1 fully saturated rings. The quantitative estimate of drug-likeness (QED) is 0.255. The van der Waals surface area contributed by atoms with E-state index >= 15 is 0 Å². The van der Waals surface area contributed by atoms with Gasteiger partial charge in [0.1, 0.15) is 17.6 Å². The molecule has 0 radical (unpaired) electrons. The number of carbonyl (C=O) groups excluding carboxylic acids is 1. The molecule has 2 heterocycles. The first-order chi connectivity index (χ1) is 18.8. The van der Waals surface area contributed by atoms with E-state index in [4.69, 9.17) is 14.4 Å². The van der Waals surface area contributed by atoms with Crippen molar-refractivity contribution in [2.24, 2.45) is 0 Å². The first-order valence-electron chi connectivity index (χ1n) is 12.3. The molecule has 0 saturated carbocycles. The van der Waals surface area contributed by atoms with Crippen molar-refractivity contribution in [1.82, 2.24) is 19.4 Å². The average molecular weight is 614 g/mol. The Morgan fingerprint density at radius 1 is 1.05 bits per heavy atom. The Bertz CT molecular complexity index is 1480. The summed E-state index contributed by atoms with van der Waals surface area (Å²) in [5.41, 5.74) is 4.74. The number of hydrogen-bond acceptors (Lipinski definition) is 4. The summed E-state index contributed by atoms with van der Waals surface area (Å²) in [7, 11) is 0. The number of hydrogen-bond donors (Lipinski definition) is 2. The van der Waals surface area contributed by atoms with E-state index in [9.17, 15) is 13.4 Å². The van der Waals surface area contributed by atoms with Crippen LogP contribution in [0.2, 0.25) is 0 Å². The van der Waals surface area contributed by atoms with Gasteiger partial charge < -0.3 is 9.64 Å². The van der Waals surface area contributed by atoms with E-state index < -0.39 is 23.6 Å². The van der Waals surface area contributed by atoms with Crippen molar-refractivity contribution in [2.45, 2.75) is 32.2 Å². The molecule has 3 atom stereocenters. The Labute approximate surface area is 236 Å². The zero-order valence-electron chi connectivity index (χ0n) is 21.0. The van der Waals surface area contributed by atoms with E-state index in [1.165, 1.54) is 12.1 Å². The molecular formula is C28H26BrFN4O4S. The molecule has 1 unspecified atom stereocenters. The Morgan fingerprint density at radius 3 is 2.38 bits per heavy atom. The Balaban J connectivity index is 1.43. The summed E-state index contributed by atoms with van der Waals surface area (Å²) in [5.74, 6) is -0.464. The van der Waals surface area contributed by atoms with Crippen molar-refractivity contribution in [1.29, 1.82) is 0 Å². The van der Waals surface area contributed by atoms with Gasteiger partial charge in [-0.1, -0.05) is 40.2 Å². The highest BCUT2D eigenvalue weighted by Gasteiger charge is 2.40. The van der Waals surface area contributed by atoms with Crippen LogP contribution in [0.4, 0.5) is 4.39 Å². The van der Waals surface area contributed by atoms with Gasteiger partial charge in [-0.25, -0.2) is 18.0 Å². The number of amides is 1. The van der Waals surface area contributed by atoms with Crippen LogP contribution in [0.1, 0.15) is 29.8 Å². The summed E-state index contributed by atoms with van der Waals surface area (Å²) in [6, 6.07) is 21.4.